The van der Waals surface area contributed by atoms with Crippen LogP contribution in [-0.2, 0) is 0 Å². The van der Waals surface area contributed by atoms with Crippen molar-refractivity contribution >= 4 is 5.69 Å². The summed E-state index contributed by atoms with van der Waals surface area (Å²) in [6.45, 7) is 0. The molecule has 2 fully saturated rings. The van der Waals surface area contributed by atoms with Crippen LogP contribution in [0.2, 0.25) is 0 Å². The third kappa shape index (κ3) is 2.70. The highest BCUT2D eigenvalue weighted by molar-refractivity contribution is 5.47. The van der Waals surface area contributed by atoms with Gasteiger partial charge in [0.15, 0.2) is 11.6 Å². The second kappa shape index (κ2) is 5.03. The second-order valence-electron chi connectivity index (χ2n) is 6.29. The zero-order valence-corrected chi connectivity index (χ0v) is 11.3. The van der Waals surface area contributed by atoms with Gasteiger partial charge in [0, 0.05) is 17.8 Å². The van der Waals surface area contributed by atoms with Gasteiger partial charge >= 0.3 is 0 Å². The van der Waals surface area contributed by atoms with Gasteiger partial charge in [0.1, 0.15) is 0 Å². The zero-order valence-electron chi connectivity index (χ0n) is 11.3. The number of nitrogens with one attached hydrogen (secondary N) is 1. The number of benzene rings is 1. The van der Waals surface area contributed by atoms with Crippen LogP contribution in [0.15, 0.2) is 18.2 Å². The van der Waals surface area contributed by atoms with E-state index in [1.165, 1.54) is 63.5 Å². The smallest absolute Gasteiger partial charge is 0.166 e. The van der Waals surface area contributed by atoms with E-state index in [0.29, 0.717) is 11.5 Å². The zero-order chi connectivity index (χ0) is 13.3. The van der Waals surface area contributed by atoms with Gasteiger partial charge in [-0.15, -0.1) is 0 Å². The lowest BCUT2D eigenvalue weighted by atomic mass is 9.71. The van der Waals surface area contributed by atoms with Gasteiger partial charge in [0.2, 0.25) is 0 Å². The van der Waals surface area contributed by atoms with Crippen LogP contribution in [0.4, 0.5) is 10.1 Å². The molecule has 0 heterocycles. The Kier molecular flexibility index (Phi) is 3.38. The normalized spacial score (nSPS) is 22.8. The fourth-order valence-corrected chi connectivity index (χ4v) is 3.83. The minimum atomic E-state index is -0.548. The predicted molar refractivity (Wildman–Crippen MR) is 74.8 cm³/mol. The molecule has 3 rings (SSSR count). The molecule has 0 aromatic heterocycles. The number of halogens is 1. The summed E-state index contributed by atoms with van der Waals surface area (Å²) in [6, 6.07) is 5.00. The van der Waals surface area contributed by atoms with Gasteiger partial charge in [-0.1, -0.05) is 12.8 Å². The van der Waals surface area contributed by atoms with Gasteiger partial charge < -0.3 is 10.4 Å². The number of hydrogen-bond acceptors (Lipinski definition) is 2. The fraction of sp³-hybridized carbons (Fsp3) is 0.625. The van der Waals surface area contributed by atoms with Crippen molar-refractivity contribution in [2.24, 2.45) is 5.41 Å². The standard InChI is InChI=1S/C16H22FNO/c17-14-11-13(3-4-15(14)19)18-12-5-9-16(10-6-12)7-1-2-8-16/h3-4,11-12,18-19H,1-2,5-10H2. The molecule has 1 aromatic carbocycles. The van der Waals surface area contributed by atoms with Gasteiger partial charge in [-0.3, -0.25) is 0 Å². The number of hydrogen-bond donors (Lipinski definition) is 2. The molecule has 2 aliphatic rings. The number of anilines is 1. The van der Waals surface area contributed by atoms with Gasteiger partial charge in [-0.05, 0) is 56.1 Å². The van der Waals surface area contributed by atoms with Crippen molar-refractivity contribution in [3.05, 3.63) is 24.0 Å². The molecule has 0 aliphatic heterocycles. The Balaban J connectivity index is 1.58. The molecule has 2 saturated carbocycles. The summed E-state index contributed by atoms with van der Waals surface area (Å²) in [5.41, 5.74) is 1.42. The van der Waals surface area contributed by atoms with Gasteiger partial charge in [0.05, 0.1) is 0 Å². The first-order valence-electron chi connectivity index (χ1n) is 7.42. The molecule has 3 heteroatoms. The van der Waals surface area contributed by atoms with Crippen molar-refractivity contribution in [1.29, 1.82) is 0 Å². The van der Waals surface area contributed by atoms with Crippen LogP contribution in [0, 0.1) is 11.2 Å². The molecule has 1 aromatic rings. The highest BCUT2D eigenvalue weighted by Crippen LogP contribution is 2.49. The molecule has 1 spiro atoms. The first-order valence-corrected chi connectivity index (χ1v) is 7.42. The molecule has 0 radical (unpaired) electrons. The van der Waals surface area contributed by atoms with E-state index in [1.807, 2.05) is 0 Å². The van der Waals surface area contributed by atoms with Crippen molar-refractivity contribution in [2.45, 2.75) is 57.4 Å². The van der Waals surface area contributed by atoms with Gasteiger partial charge in [-0.2, -0.15) is 0 Å². The topological polar surface area (TPSA) is 32.3 Å². The largest absolute Gasteiger partial charge is 0.505 e. The lowest BCUT2D eigenvalue weighted by Crippen LogP contribution is -2.31. The highest BCUT2D eigenvalue weighted by atomic mass is 19.1. The minimum Gasteiger partial charge on any atom is -0.505 e. The molecule has 0 amide bonds. The monoisotopic (exact) mass is 263 g/mol. The van der Waals surface area contributed by atoms with Crippen LogP contribution >= 0.6 is 0 Å². The van der Waals surface area contributed by atoms with Crippen LogP contribution < -0.4 is 5.32 Å². The fourth-order valence-electron chi connectivity index (χ4n) is 3.83. The maximum atomic E-state index is 13.3. The van der Waals surface area contributed by atoms with Crippen molar-refractivity contribution in [2.75, 3.05) is 5.32 Å². The number of aromatic hydroxyl groups is 1. The van der Waals surface area contributed by atoms with E-state index in [4.69, 9.17) is 0 Å². The Morgan fingerprint density at radius 2 is 1.79 bits per heavy atom. The molecule has 2 nitrogen and oxygen atoms in total. The Bertz CT molecular complexity index is 444. The SMILES string of the molecule is Oc1ccc(NC2CCC3(CCCC3)CC2)cc1F. The summed E-state index contributed by atoms with van der Waals surface area (Å²) < 4.78 is 13.3. The first-order chi connectivity index (χ1) is 9.17. The molecule has 0 bridgehead atoms. The molecule has 0 unspecified atom stereocenters. The van der Waals surface area contributed by atoms with Gasteiger partial charge in [0.25, 0.3) is 0 Å². The first kappa shape index (κ1) is 12.8. The van der Waals surface area contributed by atoms with E-state index in [0.717, 1.165) is 5.69 Å². The summed E-state index contributed by atoms with van der Waals surface area (Å²) in [6.07, 6.45) is 10.6. The second-order valence-corrected chi connectivity index (χ2v) is 6.29. The Labute approximate surface area is 114 Å². The van der Waals surface area contributed by atoms with Gasteiger partial charge in [-0.25, -0.2) is 4.39 Å². The Hall–Kier alpha value is -1.25. The van der Waals surface area contributed by atoms with E-state index in [2.05, 4.69) is 5.32 Å². The van der Waals surface area contributed by atoms with Crippen molar-refractivity contribution in [1.82, 2.24) is 0 Å². The lowest BCUT2D eigenvalue weighted by Gasteiger charge is -2.37. The van der Waals surface area contributed by atoms with Crippen LogP contribution in [0.1, 0.15) is 51.4 Å². The highest BCUT2D eigenvalue weighted by Gasteiger charge is 2.37. The molecule has 0 atom stereocenters. The maximum absolute atomic E-state index is 13.3. The maximum Gasteiger partial charge on any atom is 0.166 e. The summed E-state index contributed by atoms with van der Waals surface area (Å²) in [5, 5.41) is 12.6. The number of phenolic OH excluding ortho intramolecular Hbond substituents is 1. The van der Waals surface area contributed by atoms with E-state index in [9.17, 15) is 9.50 Å². The summed E-state index contributed by atoms with van der Waals surface area (Å²) >= 11 is 0. The average molecular weight is 263 g/mol. The summed E-state index contributed by atoms with van der Waals surface area (Å²) in [5.74, 6) is -0.827. The predicted octanol–water partition coefficient (Wildman–Crippen LogP) is 4.45. The van der Waals surface area contributed by atoms with E-state index < -0.39 is 5.82 Å². The summed E-state index contributed by atoms with van der Waals surface area (Å²) in [7, 11) is 0. The van der Waals surface area contributed by atoms with Crippen LogP contribution in [-0.4, -0.2) is 11.1 Å². The van der Waals surface area contributed by atoms with Crippen molar-refractivity contribution in [3.8, 4) is 5.75 Å². The minimum absolute atomic E-state index is 0.279. The quantitative estimate of drug-likeness (QED) is 0.773. The summed E-state index contributed by atoms with van der Waals surface area (Å²) in [4.78, 5) is 0. The average Bonchev–Trinajstić information content (AvgIpc) is 2.86. The molecule has 2 aliphatic carbocycles. The molecule has 2 N–H and O–H groups in total. The molecule has 19 heavy (non-hydrogen) atoms. The van der Waals surface area contributed by atoms with E-state index >= 15 is 0 Å². The molecular formula is C16H22FNO. The van der Waals surface area contributed by atoms with E-state index in [1.54, 1.807) is 6.07 Å². The van der Waals surface area contributed by atoms with E-state index in [-0.39, 0.29) is 5.75 Å². The third-order valence-corrected chi connectivity index (χ3v) is 5.03. The number of phenols is 1. The van der Waals surface area contributed by atoms with Crippen molar-refractivity contribution < 1.29 is 9.50 Å². The Morgan fingerprint density at radius 3 is 2.42 bits per heavy atom. The third-order valence-electron chi connectivity index (χ3n) is 5.03. The molecular weight excluding hydrogens is 241 g/mol. The van der Waals surface area contributed by atoms with Crippen molar-refractivity contribution in [3.63, 3.8) is 0 Å². The molecule has 0 saturated heterocycles. The Morgan fingerprint density at radius 1 is 1.11 bits per heavy atom. The lowest BCUT2D eigenvalue weighted by molar-refractivity contribution is 0.188. The van der Waals surface area contributed by atoms with Crippen LogP contribution in [0.5, 0.6) is 5.75 Å². The van der Waals surface area contributed by atoms with Crippen LogP contribution in [0.3, 0.4) is 0 Å². The molecule has 104 valence electrons. The number of rotatable bonds is 2. The van der Waals surface area contributed by atoms with Crippen LogP contribution in [0.25, 0.3) is 0 Å².